The number of benzene rings is 2. The molecule has 0 bridgehead atoms. The molecule has 0 saturated carbocycles. The lowest BCUT2D eigenvalue weighted by molar-refractivity contribution is -0.177. The summed E-state index contributed by atoms with van der Waals surface area (Å²) >= 11 is 0. The molecule has 11 heteroatoms. The number of hydrogen-bond donors (Lipinski definition) is 1. The number of ether oxygens (including phenoxy) is 3. The van der Waals surface area contributed by atoms with Gasteiger partial charge in [0.2, 0.25) is 0 Å². The van der Waals surface area contributed by atoms with E-state index in [4.69, 9.17) is 14.2 Å². The molecule has 40 heavy (non-hydrogen) atoms. The van der Waals surface area contributed by atoms with Crippen LogP contribution in [-0.2, 0) is 35.2 Å². The Balaban J connectivity index is 1.48. The van der Waals surface area contributed by atoms with Crippen LogP contribution in [0.25, 0.3) is 0 Å². The Kier molecular flexibility index (Phi) is 8.85. The lowest BCUT2D eigenvalue weighted by Crippen LogP contribution is -2.55. The fraction of sp³-hybridized carbons (Fsp3) is 0.448. The second-order valence-corrected chi connectivity index (χ2v) is 10.7. The van der Waals surface area contributed by atoms with Gasteiger partial charge < -0.3 is 29.1 Å². The van der Waals surface area contributed by atoms with E-state index in [0.717, 1.165) is 22.6 Å². The summed E-state index contributed by atoms with van der Waals surface area (Å²) in [6, 6.07) is 11.8. The molecule has 2 aromatic carbocycles. The Morgan fingerprint density at radius 2 is 1.85 bits per heavy atom. The molecule has 0 radical (unpaired) electrons. The zero-order valence-electron chi connectivity index (χ0n) is 22.7. The van der Waals surface area contributed by atoms with Gasteiger partial charge in [-0.25, -0.2) is 14.0 Å². The summed E-state index contributed by atoms with van der Waals surface area (Å²) in [4.78, 5) is 54.2. The first-order chi connectivity index (χ1) is 18.9. The maximum atomic E-state index is 14.7. The zero-order chi connectivity index (χ0) is 29.0. The molecule has 2 aliphatic rings. The van der Waals surface area contributed by atoms with Crippen molar-refractivity contribution in [3.05, 3.63) is 65.5 Å². The highest BCUT2D eigenvalue weighted by Gasteiger charge is 2.42. The third-order valence-corrected chi connectivity index (χ3v) is 6.51. The summed E-state index contributed by atoms with van der Waals surface area (Å²) in [6.45, 7) is 5.17. The van der Waals surface area contributed by atoms with Crippen LogP contribution in [0.4, 0.5) is 10.1 Å². The minimum absolute atomic E-state index is 0.00556. The standard InChI is InChI=1S/C29H33FN2O8/c1-29(2,3)40-28(37)23(33)24-26(35)31(12-13-38-24)21-15-19(14-20(30)16-21)25(34)32-11-7-10-22(32)27(36)39-17-18-8-5-4-6-9-18/h4-6,8-9,14-16,22-24,33H,7,10-13,17H2,1-3H3/t22-,23+,24+/m0/s1. The van der Waals surface area contributed by atoms with E-state index in [2.05, 4.69) is 0 Å². The van der Waals surface area contributed by atoms with Gasteiger partial charge in [0.25, 0.3) is 11.8 Å². The van der Waals surface area contributed by atoms with E-state index in [1.165, 1.54) is 11.0 Å². The Labute approximate surface area is 231 Å². The van der Waals surface area contributed by atoms with Gasteiger partial charge in [-0.1, -0.05) is 30.3 Å². The molecule has 0 aliphatic carbocycles. The Morgan fingerprint density at radius 3 is 2.55 bits per heavy atom. The van der Waals surface area contributed by atoms with E-state index >= 15 is 0 Å². The van der Waals surface area contributed by atoms with Crippen LogP contribution in [0.2, 0.25) is 0 Å². The summed E-state index contributed by atoms with van der Waals surface area (Å²) in [6.07, 6.45) is -2.47. The fourth-order valence-corrected chi connectivity index (χ4v) is 4.67. The molecule has 2 aliphatic heterocycles. The molecule has 1 N–H and O–H groups in total. The van der Waals surface area contributed by atoms with Crippen molar-refractivity contribution in [3.8, 4) is 0 Å². The van der Waals surface area contributed by atoms with Crippen molar-refractivity contribution >= 4 is 29.4 Å². The molecule has 2 saturated heterocycles. The van der Waals surface area contributed by atoms with Crippen LogP contribution in [0, 0.1) is 5.82 Å². The molecule has 2 amide bonds. The van der Waals surface area contributed by atoms with Crippen molar-refractivity contribution in [3.63, 3.8) is 0 Å². The molecule has 0 aromatic heterocycles. The predicted molar refractivity (Wildman–Crippen MR) is 141 cm³/mol. The van der Waals surface area contributed by atoms with Gasteiger partial charge in [0.05, 0.1) is 6.61 Å². The van der Waals surface area contributed by atoms with E-state index < -0.39 is 53.4 Å². The third kappa shape index (κ3) is 6.83. The number of carbonyl (C=O) groups excluding carboxylic acids is 4. The highest BCUT2D eigenvalue weighted by atomic mass is 19.1. The lowest BCUT2D eigenvalue weighted by Gasteiger charge is -2.34. The van der Waals surface area contributed by atoms with Crippen LogP contribution in [0.15, 0.2) is 48.5 Å². The van der Waals surface area contributed by atoms with Crippen molar-refractivity contribution in [1.82, 2.24) is 4.90 Å². The average molecular weight is 557 g/mol. The van der Waals surface area contributed by atoms with Crippen LogP contribution in [0.3, 0.4) is 0 Å². The van der Waals surface area contributed by atoms with Crippen molar-refractivity contribution in [2.45, 2.75) is 64.1 Å². The topological polar surface area (TPSA) is 123 Å². The predicted octanol–water partition coefficient (Wildman–Crippen LogP) is 2.61. The van der Waals surface area contributed by atoms with Crippen LogP contribution >= 0.6 is 0 Å². The Hall–Kier alpha value is -3.83. The van der Waals surface area contributed by atoms with Crippen molar-refractivity contribution in [2.75, 3.05) is 24.6 Å². The van der Waals surface area contributed by atoms with Gasteiger partial charge >= 0.3 is 11.9 Å². The summed E-state index contributed by atoms with van der Waals surface area (Å²) in [5.74, 6) is -3.70. The monoisotopic (exact) mass is 556 g/mol. The van der Waals surface area contributed by atoms with Crippen molar-refractivity contribution in [1.29, 1.82) is 0 Å². The number of carbonyl (C=O) groups is 4. The summed E-state index contributed by atoms with van der Waals surface area (Å²) in [5.41, 5.74) is -0.0807. The van der Waals surface area contributed by atoms with Crippen LogP contribution < -0.4 is 4.90 Å². The van der Waals surface area contributed by atoms with E-state index in [9.17, 15) is 28.7 Å². The molecule has 3 atom stereocenters. The molecular weight excluding hydrogens is 523 g/mol. The smallest absolute Gasteiger partial charge is 0.338 e. The second-order valence-electron chi connectivity index (χ2n) is 10.7. The van der Waals surface area contributed by atoms with Gasteiger partial charge in [0.1, 0.15) is 24.1 Å². The van der Waals surface area contributed by atoms with Gasteiger partial charge in [-0.3, -0.25) is 9.59 Å². The van der Waals surface area contributed by atoms with E-state index in [-0.39, 0.29) is 37.6 Å². The number of morpholine rings is 1. The molecule has 214 valence electrons. The Bertz CT molecular complexity index is 1260. The number of rotatable bonds is 7. The maximum Gasteiger partial charge on any atom is 0.338 e. The number of amides is 2. The van der Waals surface area contributed by atoms with Crippen LogP contribution in [0.1, 0.15) is 49.5 Å². The molecule has 2 heterocycles. The number of aliphatic hydroxyl groups is 1. The first kappa shape index (κ1) is 29.2. The normalized spacial score (nSPS) is 20.3. The van der Waals surface area contributed by atoms with Gasteiger partial charge in [-0.15, -0.1) is 0 Å². The van der Waals surface area contributed by atoms with Crippen LogP contribution in [0.5, 0.6) is 0 Å². The van der Waals surface area contributed by atoms with E-state index in [1.807, 2.05) is 30.3 Å². The zero-order valence-corrected chi connectivity index (χ0v) is 22.7. The molecule has 10 nitrogen and oxygen atoms in total. The quantitative estimate of drug-likeness (QED) is 0.517. The Morgan fingerprint density at radius 1 is 1.12 bits per heavy atom. The lowest BCUT2D eigenvalue weighted by atomic mass is 10.1. The number of halogens is 1. The van der Waals surface area contributed by atoms with Gasteiger partial charge in [0.15, 0.2) is 12.2 Å². The second kappa shape index (κ2) is 12.1. The number of anilines is 1. The van der Waals surface area contributed by atoms with Gasteiger partial charge in [-0.2, -0.15) is 0 Å². The molecule has 4 rings (SSSR count). The highest BCUT2D eigenvalue weighted by molar-refractivity contribution is 6.02. The minimum atomic E-state index is -1.89. The largest absolute Gasteiger partial charge is 0.459 e. The SMILES string of the molecule is CC(C)(C)OC(=O)[C@H](O)[C@H]1OCCN(c2cc(F)cc(C(=O)N3CCC[C@H]3C(=O)OCc3ccccc3)c2)C1=O. The number of nitrogens with zero attached hydrogens (tertiary/aromatic N) is 2. The molecule has 0 spiro atoms. The maximum absolute atomic E-state index is 14.7. The fourth-order valence-electron chi connectivity index (χ4n) is 4.67. The third-order valence-electron chi connectivity index (χ3n) is 6.51. The number of likely N-dealkylation sites (tertiary alicyclic amines) is 1. The van der Waals surface area contributed by atoms with E-state index in [1.54, 1.807) is 20.8 Å². The average Bonchev–Trinajstić information content (AvgIpc) is 3.40. The number of hydrogen-bond acceptors (Lipinski definition) is 8. The summed E-state index contributed by atoms with van der Waals surface area (Å²) in [5, 5.41) is 10.5. The first-order valence-electron chi connectivity index (χ1n) is 13.1. The molecular formula is C29H33FN2O8. The van der Waals surface area contributed by atoms with Crippen molar-refractivity contribution < 1.29 is 42.9 Å². The van der Waals surface area contributed by atoms with E-state index in [0.29, 0.717) is 12.8 Å². The van der Waals surface area contributed by atoms with Crippen molar-refractivity contribution in [2.24, 2.45) is 0 Å². The molecule has 0 unspecified atom stereocenters. The van der Waals surface area contributed by atoms with Gasteiger partial charge in [0, 0.05) is 24.3 Å². The van der Waals surface area contributed by atoms with Gasteiger partial charge in [-0.05, 0) is 57.4 Å². The summed E-state index contributed by atoms with van der Waals surface area (Å²) < 4.78 is 30.7. The minimum Gasteiger partial charge on any atom is -0.459 e. The summed E-state index contributed by atoms with van der Waals surface area (Å²) in [7, 11) is 0. The molecule has 2 aromatic rings. The number of aliphatic hydroxyl groups excluding tert-OH is 1. The first-order valence-corrected chi connectivity index (χ1v) is 13.1. The highest BCUT2D eigenvalue weighted by Crippen LogP contribution is 2.27. The number of esters is 2. The molecule has 2 fully saturated rings. The van der Waals surface area contributed by atoms with Crippen LogP contribution in [-0.4, -0.2) is 77.3 Å².